The summed E-state index contributed by atoms with van der Waals surface area (Å²) >= 11 is 0. The van der Waals surface area contributed by atoms with E-state index in [9.17, 15) is 0 Å². The molecular formula is C13H19N3O2. The molecular weight excluding hydrogens is 230 g/mol. The van der Waals surface area contributed by atoms with E-state index in [1.807, 2.05) is 18.2 Å². The Balaban J connectivity index is 2.80. The minimum atomic E-state index is 0.646. The van der Waals surface area contributed by atoms with E-state index in [0.717, 1.165) is 5.69 Å². The van der Waals surface area contributed by atoms with Crippen molar-refractivity contribution in [1.82, 2.24) is 5.32 Å². The lowest BCUT2D eigenvalue weighted by molar-refractivity contribution is 0.355. The molecule has 2 N–H and O–H groups in total. The molecule has 98 valence electrons. The van der Waals surface area contributed by atoms with Gasteiger partial charge in [-0.1, -0.05) is 6.08 Å². The van der Waals surface area contributed by atoms with Crippen molar-refractivity contribution in [3.05, 3.63) is 30.9 Å². The highest BCUT2D eigenvalue weighted by molar-refractivity contribution is 5.93. The van der Waals surface area contributed by atoms with Gasteiger partial charge in [-0.2, -0.15) is 0 Å². The third kappa shape index (κ3) is 3.69. The predicted molar refractivity (Wildman–Crippen MR) is 74.7 cm³/mol. The van der Waals surface area contributed by atoms with Crippen LogP contribution in [0.25, 0.3) is 0 Å². The highest BCUT2D eigenvalue weighted by atomic mass is 16.5. The maximum absolute atomic E-state index is 5.23. The average molecular weight is 249 g/mol. The standard InChI is InChI=1S/C13H19N3O2/c1-5-8-15-13(14-2)16-10-6-7-11(17-3)12(9-10)18-4/h5-7,9H,1,8H2,2-4H3,(H2,14,15,16). The third-order valence-electron chi connectivity index (χ3n) is 2.28. The molecule has 0 aliphatic heterocycles. The fraction of sp³-hybridized carbons (Fsp3) is 0.308. The molecule has 1 rings (SSSR count). The zero-order chi connectivity index (χ0) is 13.4. The smallest absolute Gasteiger partial charge is 0.195 e. The van der Waals surface area contributed by atoms with Crippen molar-refractivity contribution in [3.63, 3.8) is 0 Å². The molecule has 0 fully saturated rings. The number of aliphatic imine (C=N–C) groups is 1. The number of hydrogen-bond donors (Lipinski definition) is 2. The molecule has 0 bridgehead atoms. The van der Waals surface area contributed by atoms with E-state index in [1.165, 1.54) is 0 Å². The number of rotatable bonds is 5. The zero-order valence-electron chi connectivity index (χ0n) is 11.0. The van der Waals surface area contributed by atoms with Gasteiger partial charge in [-0.25, -0.2) is 0 Å². The number of anilines is 1. The van der Waals surface area contributed by atoms with Crippen molar-refractivity contribution in [2.24, 2.45) is 4.99 Å². The van der Waals surface area contributed by atoms with Gasteiger partial charge in [-0.3, -0.25) is 4.99 Å². The second-order valence-electron chi connectivity index (χ2n) is 3.44. The highest BCUT2D eigenvalue weighted by Gasteiger charge is 2.05. The summed E-state index contributed by atoms with van der Waals surface area (Å²) in [7, 11) is 4.92. The number of hydrogen-bond acceptors (Lipinski definition) is 3. The van der Waals surface area contributed by atoms with E-state index < -0.39 is 0 Å². The first-order valence-electron chi connectivity index (χ1n) is 5.55. The van der Waals surface area contributed by atoms with Crippen molar-refractivity contribution < 1.29 is 9.47 Å². The zero-order valence-corrected chi connectivity index (χ0v) is 11.0. The molecule has 1 aromatic carbocycles. The Morgan fingerprint density at radius 2 is 2.06 bits per heavy atom. The van der Waals surface area contributed by atoms with Crippen LogP contribution in [-0.2, 0) is 0 Å². The molecule has 0 aliphatic rings. The van der Waals surface area contributed by atoms with Gasteiger partial charge in [0, 0.05) is 25.3 Å². The van der Waals surface area contributed by atoms with Gasteiger partial charge >= 0.3 is 0 Å². The molecule has 0 saturated heterocycles. The van der Waals surface area contributed by atoms with E-state index in [4.69, 9.17) is 9.47 Å². The van der Waals surface area contributed by atoms with Gasteiger partial charge < -0.3 is 20.1 Å². The number of benzene rings is 1. The summed E-state index contributed by atoms with van der Waals surface area (Å²) in [6, 6.07) is 5.57. The average Bonchev–Trinajstić information content (AvgIpc) is 2.43. The van der Waals surface area contributed by atoms with Crippen LogP contribution in [0.4, 0.5) is 5.69 Å². The molecule has 0 amide bonds. The van der Waals surface area contributed by atoms with Gasteiger partial charge in [0.15, 0.2) is 17.5 Å². The Morgan fingerprint density at radius 3 is 2.61 bits per heavy atom. The van der Waals surface area contributed by atoms with Crippen molar-refractivity contribution in [1.29, 1.82) is 0 Å². The Morgan fingerprint density at radius 1 is 1.33 bits per heavy atom. The van der Waals surface area contributed by atoms with Crippen LogP contribution in [0.5, 0.6) is 11.5 Å². The van der Waals surface area contributed by atoms with E-state index in [-0.39, 0.29) is 0 Å². The lowest BCUT2D eigenvalue weighted by atomic mass is 10.3. The Hall–Kier alpha value is -2.17. The lowest BCUT2D eigenvalue weighted by Crippen LogP contribution is -2.30. The quantitative estimate of drug-likeness (QED) is 0.475. The SMILES string of the molecule is C=CCNC(=NC)Nc1ccc(OC)c(OC)c1. The fourth-order valence-electron chi connectivity index (χ4n) is 1.40. The summed E-state index contributed by atoms with van der Waals surface area (Å²) in [5.74, 6) is 2.03. The van der Waals surface area contributed by atoms with Crippen molar-refractivity contribution in [3.8, 4) is 11.5 Å². The van der Waals surface area contributed by atoms with Gasteiger partial charge in [0.05, 0.1) is 14.2 Å². The largest absolute Gasteiger partial charge is 0.493 e. The maximum Gasteiger partial charge on any atom is 0.195 e. The van der Waals surface area contributed by atoms with Gasteiger partial charge in [0.1, 0.15) is 0 Å². The minimum absolute atomic E-state index is 0.646. The number of nitrogens with one attached hydrogen (secondary N) is 2. The van der Waals surface area contributed by atoms with Crippen LogP contribution in [-0.4, -0.2) is 33.8 Å². The second-order valence-corrected chi connectivity index (χ2v) is 3.44. The van der Waals surface area contributed by atoms with Crippen LogP contribution in [0.15, 0.2) is 35.8 Å². The molecule has 5 heteroatoms. The predicted octanol–water partition coefficient (Wildman–Crippen LogP) is 1.88. The maximum atomic E-state index is 5.23. The van der Waals surface area contributed by atoms with Crippen LogP contribution < -0.4 is 20.1 Å². The molecule has 0 heterocycles. The molecule has 0 radical (unpaired) electrons. The van der Waals surface area contributed by atoms with Crippen molar-refractivity contribution in [2.45, 2.75) is 0 Å². The first-order valence-corrected chi connectivity index (χ1v) is 5.55. The Kier molecular flexibility index (Phi) is 5.57. The molecule has 0 aliphatic carbocycles. The van der Waals surface area contributed by atoms with Crippen LogP contribution in [0.2, 0.25) is 0 Å². The highest BCUT2D eigenvalue weighted by Crippen LogP contribution is 2.29. The topological polar surface area (TPSA) is 54.9 Å². The van der Waals surface area contributed by atoms with Crippen LogP contribution in [0, 0.1) is 0 Å². The number of nitrogens with zero attached hydrogens (tertiary/aromatic N) is 1. The number of guanidine groups is 1. The van der Waals surface area contributed by atoms with E-state index in [1.54, 1.807) is 27.3 Å². The monoisotopic (exact) mass is 249 g/mol. The molecule has 18 heavy (non-hydrogen) atoms. The van der Waals surface area contributed by atoms with Crippen molar-refractivity contribution >= 4 is 11.6 Å². The van der Waals surface area contributed by atoms with Crippen LogP contribution in [0.1, 0.15) is 0 Å². The normalized spacial score (nSPS) is 10.7. The number of methoxy groups -OCH3 is 2. The summed E-state index contributed by atoms with van der Waals surface area (Å²) in [5.41, 5.74) is 0.866. The first kappa shape index (κ1) is 13.9. The number of ether oxygens (including phenoxy) is 2. The minimum Gasteiger partial charge on any atom is -0.493 e. The van der Waals surface area contributed by atoms with E-state index >= 15 is 0 Å². The van der Waals surface area contributed by atoms with Crippen molar-refractivity contribution in [2.75, 3.05) is 33.1 Å². The van der Waals surface area contributed by atoms with Crippen LogP contribution >= 0.6 is 0 Å². The molecule has 0 saturated carbocycles. The second kappa shape index (κ2) is 7.21. The first-order chi connectivity index (χ1) is 8.74. The third-order valence-corrected chi connectivity index (χ3v) is 2.28. The molecule has 0 atom stereocenters. The molecule has 0 unspecified atom stereocenters. The van der Waals surface area contributed by atoms with E-state index in [2.05, 4.69) is 22.2 Å². The Labute approximate surface area is 108 Å². The summed E-state index contributed by atoms with van der Waals surface area (Å²) in [5, 5.41) is 6.23. The molecule has 0 spiro atoms. The van der Waals surface area contributed by atoms with Gasteiger partial charge in [-0.15, -0.1) is 6.58 Å². The summed E-state index contributed by atoms with van der Waals surface area (Å²) < 4.78 is 10.4. The lowest BCUT2D eigenvalue weighted by Gasteiger charge is -2.13. The molecule has 5 nitrogen and oxygen atoms in total. The Bertz CT molecular complexity index is 430. The van der Waals surface area contributed by atoms with E-state index in [0.29, 0.717) is 24.0 Å². The van der Waals surface area contributed by atoms with Crippen LogP contribution in [0.3, 0.4) is 0 Å². The van der Waals surface area contributed by atoms with Gasteiger partial charge in [0.2, 0.25) is 0 Å². The summed E-state index contributed by atoms with van der Waals surface area (Å²) in [6.45, 7) is 4.29. The summed E-state index contributed by atoms with van der Waals surface area (Å²) in [4.78, 5) is 4.09. The molecule has 0 aromatic heterocycles. The molecule has 1 aromatic rings. The summed E-state index contributed by atoms with van der Waals surface area (Å²) in [6.07, 6.45) is 1.77. The fourth-order valence-corrected chi connectivity index (χ4v) is 1.40. The van der Waals surface area contributed by atoms with Gasteiger partial charge in [-0.05, 0) is 12.1 Å². The van der Waals surface area contributed by atoms with Gasteiger partial charge in [0.25, 0.3) is 0 Å².